The first-order valence-electron chi connectivity index (χ1n) is 11.9. The van der Waals surface area contributed by atoms with E-state index in [1.807, 2.05) is 6.92 Å². The summed E-state index contributed by atoms with van der Waals surface area (Å²) >= 11 is 0. The lowest BCUT2D eigenvalue weighted by atomic mass is 9.50. The molecule has 0 aliphatic heterocycles. The first kappa shape index (κ1) is 25.0. The summed E-state index contributed by atoms with van der Waals surface area (Å²) in [4.78, 5) is 24.4. The van der Waals surface area contributed by atoms with Gasteiger partial charge in [-0.1, -0.05) is 32.9 Å². The van der Waals surface area contributed by atoms with Crippen molar-refractivity contribution < 1.29 is 28.9 Å². The fraction of sp³-hybridized carbons (Fsp3) is 0.769. The molecule has 0 aromatic carbocycles. The number of ether oxygens (including phenoxy) is 3. The van der Waals surface area contributed by atoms with Crippen LogP contribution in [0.15, 0.2) is 23.3 Å². The van der Waals surface area contributed by atoms with Crippen LogP contribution in [0.5, 0.6) is 0 Å². The second-order valence-electron chi connectivity index (χ2n) is 10.8. The molecule has 1 N–H and O–H groups in total. The lowest BCUT2D eigenvalue weighted by molar-refractivity contribution is -0.183. The maximum absolute atomic E-state index is 12.4. The van der Waals surface area contributed by atoms with Crippen molar-refractivity contribution in [2.24, 2.45) is 22.7 Å². The van der Waals surface area contributed by atoms with E-state index in [-0.39, 0.29) is 35.3 Å². The topological polar surface area (TPSA) is 82.1 Å². The fourth-order valence-corrected chi connectivity index (χ4v) is 7.08. The first-order chi connectivity index (χ1) is 14.8. The second kappa shape index (κ2) is 8.94. The zero-order valence-electron chi connectivity index (χ0n) is 20.7. The maximum atomic E-state index is 12.4. The number of carbonyl (C=O) groups excluding carboxylic acids is 2. The Morgan fingerprint density at radius 2 is 1.78 bits per heavy atom. The van der Waals surface area contributed by atoms with Crippen molar-refractivity contribution in [2.75, 3.05) is 6.61 Å². The highest BCUT2D eigenvalue weighted by Gasteiger charge is 2.60. The van der Waals surface area contributed by atoms with E-state index in [9.17, 15) is 14.7 Å². The zero-order valence-corrected chi connectivity index (χ0v) is 20.7. The third-order valence-electron chi connectivity index (χ3n) is 8.11. The van der Waals surface area contributed by atoms with Crippen molar-refractivity contribution in [3.05, 3.63) is 23.3 Å². The summed E-state index contributed by atoms with van der Waals surface area (Å²) < 4.78 is 18.3. The van der Waals surface area contributed by atoms with E-state index in [4.69, 9.17) is 14.2 Å². The van der Waals surface area contributed by atoms with Crippen molar-refractivity contribution in [1.82, 2.24) is 0 Å². The van der Waals surface area contributed by atoms with E-state index in [0.717, 1.165) is 12.8 Å². The van der Waals surface area contributed by atoms with Gasteiger partial charge in [0.05, 0.1) is 12.2 Å². The van der Waals surface area contributed by atoms with E-state index in [2.05, 4.69) is 34.3 Å². The van der Waals surface area contributed by atoms with Crippen molar-refractivity contribution in [3.63, 3.8) is 0 Å². The molecule has 0 aromatic heterocycles. The van der Waals surface area contributed by atoms with Gasteiger partial charge in [0.2, 0.25) is 0 Å². The number of hydrogen-bond acceptors (Lipinski definition) is 6. The van der Waals surface area contributed by atoms with E-state index < -0.39 is 23.7 Å². The van der Waals surface area contributed by atoms with Gasteiger partial charge in [-0.2, -0.15) is 0 Å². The monoisotopic (exact) mass is 448 g/mol. The molecule has 0 aromatic rings. The second-order valence-corrected chi connectivity index (χ2v) is 10.8. The standard InChI is InChI=1S/C26H40O6/c1-9-30-20-13-26(8)11-10-18(29)15(3)22(26)24(32-17(5)28)23-19(31-16(4)27)12-14(2)21(20)25(23,6)7/h18-20,22-24,29H,3,9-13H2,1-2,4-8H3. The van der Waals surface area contributed by atoms with Crippen LogP contribution in [-0.2, 0) is 23.8 Å². The predicted octanol–water partition coefficient (Wildman–Crippen LogP) is 4.35. The van der Waals surface area contributed by atoms with E-state index in [0.29, 0.717) is 25.0 Å². The highest BCUT2D eigenvalue weighted by molar-refractivity contribution is 5.67. The Morgan fingerprint density at radius 3 is 2.34 bits per heavy atom. The molecule has 2 bridgehead atoms. The molecule has 3 aliphatic rings. The number of rotatable bonds is 4. The smallest absolute Gasteiger partial charge is 0.302 e. The lowest BCUT2D eigenvalue weighted by Crippen LogP contribution is -2.60. The number of fused-ring (bicyclic) bond motifs is 3. The highest BCUT2D eigenvalue weighted by atomic mass is 16.6. The van der Waals surface area contributed by atoms with Gasteiger partial charge >= 0.3 is 11.9 Å². The molecule has 3 rings (SSSR count). The molecule has 7 unspecified atom stereocenters. The van der Waals surface area contributed by atoms with Crippen LogP contribution >= 0.6 is 0 Å². The van der Waals surface area contributed by atoms with Gasteiger partial charge in [0, 0.05) is 38.7 Å². The molecule has 6 heteroatoms. The summed E-state index contributed by atoms with van der Waals surface area (Å²) in [5.41, 5.74) is 2.36. The normalized spacial score (nSPS) is 38.9. The SMILES string of the molecule is C=C1C(O)CCC2(C)CC(OCC)C3=C(C)CC(OC(C)=O)C(C(OC(C)=O)C12)C3(C)C. The number of aliphatic hydroxyl groups is 1. The Kier molecular flexibility index (Phi) is 6.98. The summed E-state index contributed by atoms with van der Waals surface area (Å²) in [6.07, 6.45) is 0.987. The largest absolute Gasteiger partial charge is 0.462 e. The van der Waals surface area contributed by atoms with E-state index >= 15 is 0 Å². The van der Waals surface area contributed by atoms with Crippen LogP contribution in [0.4, 0.5) is 0 Å². The van der Waals surface area contributed by atoms with Gasteiger partial charge in [0.1, 0.15) is 12.2 Å². The Bertz CT molecular complexity index is 811. The summed E-state index contributed by atoms with van der Waals surface area (Å²) in [6, 6.07) is 0. The molecular formula is C26H40O6. The minimum absolute atomic E-state index is 0.0930. The average molecular weight is 449 g/mol. The zero-order chi connectivity index (χ0) is 24.0. The molecule has 0 spiro atoms. The van der Waals surface area contributed by atoms with Crippen molar-refractivity contribution in [2.45, 2.75) is 98.6 Å². The molecule has 180 valence electrons. The number of carbonyl (C=O) groups is 2. The van der Waals surface area contributed by atoms with Gasteiger partial charge in [0.15, 0.2) is 0 Å². The minimum atomic E-state index is -0.647. The molecule has 0 saturated heterocycles. The van der Waals surface area contributed by atoms with E-state index in [1.54, 1.807) is 0 Å². The summed E-state index contributed by atoms with van der Waals surface area (Å²) in [7, 11) is 0. The number of esters is 2. The van der Waals surface area contributed by atoms with Gasteiger partial charge in [-0.05, 0) is 55.1 Å². The Hall–Kier alpha value is -1.66. The summed E-state index contributed by atoms with van der Waals surface area (Å²) in [5, 5.41) is 10.8. The highest BCUT2D eigenvalue weighted by Crippen LogP contribution is 2.60. The van der Waals surface area contributed by atoms with Crippen molar-refractivity contribution >= 4 is 11.9 Å². The third-order valence-corrected chi connectivity index (χ3v) is 8.11. The molecule has 0 amide bonds. The molecular weight excluding hydrogens is 408 g/mol. The average Bonchev–Trinajstić information content (AvgIpc) is 2.62. The van der Waals surface area contributed by atoms with Gasteiger partial charge in [-0.15, -0.1) is 0 Å². The summed E-state index contributed by atoms with van der Waals surface area (Å²) in [6.45, 7) is 18.3. The molecule has 6 nitrogen and oxygen atoms in total. The van der Waals surface area contributed by atoms with Gasteiger partial charge in [-0.25, -0.2) is 0 Å². The van der Waals surface area contributed by atoms with E-state index in [1.165, 1.54) is 25.0 Å². The lowest BCUT2D eigenvalue weighted by Gasteiger charge is -2.58. The van der Waals surface area contributed by atoms with Gasteiger partial charge < -0.3 is 19.3 Å². The maximum Gasteiger partial charge on any atom is 0.302 e. The molecule has 2 saturated carbocycles. The minimum Gasteiger partial charge on any atom is -0.462 e. The molecule has 0 heterocycles. The molecule has 0 radical (unpaired) electrons. The third kappa shape index (κ3) is 4.28. The number of aliphatic hydroxyl groups excluding tert-OH is 1. The fourth-order valence-electron chi connectivity index (χ4n) is 7.08. The van der Waals surface area contributed by atoms with Crippen LogP contribution in [0.1, 0.15) is 74.1 Å². The Balaban J connectivity index is 2.28. The number of hydrogen-bond donors (Lipinski definition) is 1. The predicted molar refractivity (Wildman–Crippen MR) is 122 cm³/mol. The van der Waals surface area contributed by atoms with Gasteiger partial charge in [0.25, 0.3) is 0 Å². The summed E-state index contributed by atoms with van der Waals surface area (Å²) in [5.74, 6) is -1.28. The quantitative estimate of drug-likeness (QED) is 0.508. The molecule has 7 atom stereocenters. The molecule has 2 fully saturated rings. The van der Waals surface area contributed by atoms with Crippen LogP contribution in [0.3, 0.4) is 0 Å². The molecule has 32 heavy (non-hydrogen) atoms. The molecule has 3 aliphatic carbocycles. The van der Waals surface area contributed by atoms with Crippen LogP contribution in [-0.4, -0.2) is 48.1 Å². The van der Waals surface area contributed by atoms with Crippen LogP contribution < -0.4 is 0 Å². The van der Waals surface area contributed by atoms with Gasteiger partial charge in [-0.3, -0.25) is 9.59 Å². The first-order valence-corrected chi connectivity index (χ1v) is 11.9. The van der Waals surface area contributed by atoms with Crippen LogP contribution in [0.2, 0.25) is 0 Å². The van der Waals surface area contributed by atoms with Crippen molar-refractivity contribution in [3.8, 4) is 0 Å². The van der Waals surface area contributed by atoms with Crippen LogP contribution in [0.25, 0.3) is 0 Å². The Labute approximate surface area is 192 Å². The van der Waals surface area contributed by atoms with Crippen LogP contribution in [0, 0.1) is 22.7 Å². The Morgan fingerprint density at radius 1 is 1.16 bits per heavy atom. The van der Waals surface area contributed by atoms with Crippen molar-refractivity contribution in [1.29, 1.82) is 0 Å².